The lowest BCUT2D eigenvalue weighted by Gasteiger charge is -2.11. The Morgan fingerprint density at radius 1 is 1.13 bits per heavy atom. The number of pyridine rings is 1. The average Bonchev–Trinajstić information content (AvgIpc) is 3.50. The molecule has 1 aliphatic rings. The lowest BCUT2D eigenvalue weighted by molar-refractivity contribution is 0.0974. The fourth-order valence-corrected chi connectivity index (χ4v) is 3.09. The standard InChI is InChI=1S/C23H24N2O5/c1-27-19-10-7-16(12-21(19)29-13-15-5-6-15)23-25-17(14-30-23)8-9-18(26)22-20(28-2)4-3-11-24-22/h3-4,7,10-12,14-15H,5-6,8-9,13H2,1-2H3. The van der Waals surface area contributed by atoms with E-state index in [9.17, 15) is 4.79 Å². The molecule has 0 atom stereocenters. The van der Waals surface area contributed by atoms with Gasteiger partial charge in [0.1, 0.15) is 17.7 Å². The van der Waals surface area contributed by atoms with E-state index in [1.807, 2.05) is 18.2 Å². The van der Waals surface area contributed by atoms with Gasteiger partial charge in [0.25, 0.3) is 0 Å². The first kappa shape index (κ1) is 19.9. The first-order valence-corrected chi connectivity index (χ1v) is 9.95. The van der Waals surface area contributed by atoms with E-state index >= 15 is 0 Å². The predicted octanol–water partition coefficient (Wildman–Crippen LogP) is 4.36. The third kappa shape index (κ3) is 4.62. The van der Waals surface area contributed by atoms with Gasteiger partial charge < -0.3 is 18.6 Å². The average molecular weight is 408 g/mol. The Labute approximate surface area is 175 Å². The number of ether oxygens (including phenoxy) is 3. The number of ketones is 1. The predicted molar refractivity (Wildman–Crippen MR) is 110 cm³/mol. The minimum Gasteiger partial charge on any atom is -0.494 e. The Bertz CT molecular complexity index is 1030. The quantitative estimate of drug-likeness (QED) is 0.461. The van der Waals surface area contributed by atoms with Crippen LogP contribution in [0.4, 0.5) is 0 Å². The molecule has 2 heterocycles. The number of nitrogens with zero attached hydrogens (tertiary/aromatic N) is 2. The van der Waals surface area contributed by atoms with Gasteiger partial charge in [0.2, 0.25) is 5.89 Å². The van der Waals surface area contributed by atoms with E-state index in [0.29, 0.717) is 53.5 Å². The topological polar surface area (TPSA) is 83.7 Å². The van der Waals surface area contributed by atoms with E-state index in [0.717, 1.165) is 5.56 Å². The molecule has 3 aromatic rings. The number of carbonyl (C=O) groups is 1. The summed E-state index contributed by atoms with van der Waals surface area (Å²) in [5, 5.41) is 0. The van der Waals surface area contributed by atoms with Crippen molar-refractivity contribution < 1.29 is 23.4 Å². The van der Waals surface area contributed by atoms with Crippen LogP contribution >= 0.6 is 0 Å². The zero-order valence-electron chi connectivity index (χ0n) is 17.1. The third-order valence-electron chi connectivity index (χ3n) is 5.00. The van der Waals surface area contributed by atoms with Crippen LogP contribution < -0.4 is 14.2 Å². The second-order valence-electron chi connectivity index (χ2n) is 7.24. The molecule has 1 aliphatic carbocycles. The Kier molecular flexibility index (Phi) is 5.97. The Morgan fingerprint density at radius 2 is 1.97 bits per heavy atom. The SMILES string of the molecule is COc1ccc(-c2nc(CCC(=O)c3ncccc3OC)co2)cc1OCC1CC1. The van der Waals surface area contributed by atoms with Crippen LogP contribution in [0.5, 0.6) is 17.2 Å². The highest BCUT2D eigenvalue weighted by atomic mass is 16.5. The van der Waals surface area contributed by atoms with Gasteiger partial charge in [0.15, 0.2) is 17.3 Å². The van der Waals surface area contributed by atoms with Crippen LogP contribution in [0.1, 0.15) is 35.4 Å². The normalized spacial score (nSPS) is 13.1. The number of Topliss-reactive ketones (excluding diaryl/α,β-unsaturated/α-hetero) is 1. The first-order chi connectivity index (χ1) is 14.7. The number of aromatic nitrogens is 2. The summed E-state index contributed by atoms with van der Waals surface area (Å²) in [4.78, 5) is 21.1. The van der Waals surface area contributed by atoms with Crippen molar-refractivity contribution in [3.63, 3.8) is 0 Å². The molecule has 0 saturated heterocycles. The summed E-state index contributed by atoms with van der Waals surface area (Å²) in [6, 6.07) is 9.05. The first-order valence-electron chi connectivity index (χ1n) is 9.95. The highest BCUT2D eigenvalue weighted by molar-refractivity contribution is 5.96. The second kappa shape index (κ2) is 8.98. The van der Waals surface area contributed by atoms with Crippen molar-refractivity contribution in [3.8, 4) is 28.7 Å². The molecule has 0 radical (unpaired) electrons. The molecular weight excluding hydrogens is 384 g/mol. The van der Waals surface area contributed by atoms with E-state index in [1.54, 1.807) is 31.7 Å². The lowest BCUT2D eigenvalue weighted by atomic mass is 10.1. The van der Waals surface area contributed by atoms with Crippen LogP contribution in [0, 0.1) is 5.92 Å². The van der Waals surface area contributed by atoms with Gasteiger partial charge in [0, 0.05) is 24.6 Å². The van der Waals surface area contributed by atoms with Gasteiger partial charge >= 0.3 is 0 Å². The molecule has 7 heteroatoms. The van der Waals surface area contributed by atoms with E-state index < -0.39 is 0 Å². The summed E-state index contributed by atoms with van der Waals surface area (Å²) >= 11 is 0. The number of hydrogen-bond donors (Lipinski definition) is 0. The van der Waals surface area contributed by atoms with Gasteiger partial charge in [-0.1, -0.05) is 0 Å². The second-order valence-corrected chi connectivity index (χ2v) is 7.24. The maximum atomic E-state index is 12.5. The maximum absolute atomic E-state index is 12.5. The summed E-state index contributed by atoms with van der Waals surface area (Å²) in [7, 11) is 3.14. The van der Waals surface area contributed by atoms with Crippen molar-refractivity contribution in [1.29, 1.82) is 0 Å². The molecular formula is C23H24N2O5. The van der Waals surface area contributed by atoms with E-state index in [-0.39, 0.29) is 12.2 Å². The zero-order valence-corrected chi connectivity index (χ0v) is 17.1. The zero-order chi connectivity index (χ0) is 20.9. The molecule has 0 N–H and O–H groups in total. The summed E-state index contributed by atoms with van der Waals surface area (Å²) in [6.45, 7) is 0.690. The maximum Gasteiger partial charge on any atom is 0.226 e. The molecule has 0 spiro atoms. The van der Waals surface area contributed by atoms with Gasteiger partial charge in [-0.2, -0.15) is 0 Å². The number of benzene rings is 1. The molecule has 7 nitrogen and oxygen atoms in total. The Balaban J connectivity index is 1.43. The van der Waals surface area contributed by atoms with Crippen LogP contribution in [-0.2, 0) is 6.42 Å². The number of methoxy groups -OCH3 is 2. The van der Waals surface area contributed by atoms with Crippen LogP contribution in [0.25, 0.3) is 11.5 Å². The monoisotopic (exact) mass is 408 g/mol. The molecule has 0 unspecified atom stereocenters. The molecule has 1 saturated carbocycles. The molecule has 4 rings (SSSR count). The Morgan fingerprint density at radius 3 is 2.73 bits per heavy atom. The van der Waals surface area contributed by atoms with Crippen molar-refractivity contribution in [2.24, 2.45) is 5.92 Å². The van der Waals surface area contributed by atoms with E-state index in [2.05, 4.69) is 9.97 Å². The summed E-state index contributed by atoms with van der Waals surface area (Å²) in [6.07, 6.45) is 6.30. The number of carbonyl (C=O) groups excluding carboxylic acids is 1. The fraction of sp³-hybridized carbons (Fsp3) is 0.348. The largest absolute Gasteiger partial charge is 0.494 e. The molecule has 156 valence electrons. The number of hydrogen-bond acceptors (Lipinski definition) is 7. The van der Waals surface area contributed by atoms with Gasteiger partial charge in [-0.15, -0.1) is 0 Å². The van der Waals surface area contributed by atoms with Crippen LogP contribution in [0.3, 0.4) is 0 Å². The molecule has 0 aliphatic heterocycles. The van der Waals surface area contributed by atoms with Gasteiger partial charge in [0.05, 0.1) is 26.5 Å². The minimum atomic E-state index is -0.0998. The van der Waals surface area contributed by atoms with Crippen molar-refractivity contribution in [2.75, 3.05) is 20.8 Å². The van der Waals surface area contributed by atoms with Crippen LogP contribution in [0.15, 0.2) is 47.2 Å². The van der Waals surface area contributed by atoms with Crippen LogP contribution in [0.2, 0.25) is 0 Å². The Hall–Kier alpha value is -3.35. The smallest absolute Gasteiger partial charge is 0.226 e. The number of oxazole rings is 1. The fourth-order valence-electron chi connectivity index (χ4n) is 3.09. The highest BCUT2D eigenvalue weighted by Gasteiger charge is 2.23. The third-order valence-corrected chi connectivity index (χ3v) is 5.00. The molecule has 1 fully saturated rings. The van der Waals surface area contributed by atoms with Crippen molar-refractivity contribution >= 4 is 5.78 Å². The van der Waals surface area contributed by atoms with Crippen molar-refractivity contribution in [1.82, 2.24) is 9.97 Å². The van der Waals surface area contributed by atoms with Crippen LogP contribution in [-0.4, -0.2) is 36.6 Å². The summed E-state index contributed by atoms with van der Waals surface area (Å²) in [5.41, 5.74) is 1.83. The molecule has 30 heavy (non-hydrogen) atoms. The molecule has 0 amide bonds. The summed E-state index contributed by atoms with van der Waals surface area (Å²) in [5.74, 6) is 2.85. The van der Waals surface area contributed by atoms with Crippen molar-refractivity contribution in [3.05, 3.63) is 54.2 Å². The van der Waals surface area contributed by atoms with Gasteiger partial charge in [-0.3, -0.25) is 4.79 Å². The van der Waals surface area contributed by atoms with E-state index in [1.165, 1.54) is 20.0 Å². The minimum absolute atomic E-state index is 0.0998. The van der Waals surface area contributed by atoms with Crippen molar-refractivity contribution in [2.45, 2.75) is 25.7 Å². The lowest BCUT2D eigenvalue weighted by Crippen LogP contribution is -2.06. The van der Waals surface area contributed by atoms with Gasteiger partial charge in [-0.05, 0) is 49.1 Å². The molecule has 0 bridgehead atoms. The number of rotatable bonds is 10. The number of aryl methyl sites for hydroxylation is 1. The highest BCUT2D eigenvalue weighted by Crippen LogP contribution is 2.35. The molecule has 2 aromatic heterocycles. The van der Waals surface area contributed by atoms with E-state index in [4.69, 9.17) is 18.6 Å². The summed E-state index contributed by atoms with van der Waals surface area (Å²) < 4.78 is 22.2. The molecule has 1 aromatic carbocycles. The van der Waals surface area contributed by atoms with Gasteiger partial charge in [-0.25, -0.2) is 9.97 Å².